The topological polar surface area (TPSA) is 59.1 Å². The van der Waals surface area contributed by atoms with Crippen molar-refractivity contribution in [2.45, 2.75) is 91.5 Å². The van der Waals surface area contributed by atoms with Crippen LogP contribution in [0, 0.1) is 5.92 Å². The molecule has 0 aromatic carbocycles. The van der Waals surface area contributed by atoms with Crippen molar-refractivity contribution in [3.63, 3.8) is 0 Å². The summed E-state index contributed by atoms with van der Waals surface area (Å²) >= 11 is 0. The van der Waals surface area contributed by atoms with Crippen molar-refractivity contribution < 1.29 is 19.4 Å². The first-order chi connectivity index (χ1) is 12.5. The summed E-state index contributed by atoms with van der Waals surface area (Å²) in [6.45, 7) is 16.2. The molecule has 1 rings (SSSR count). The molecule has 154 valence electrons. The van der Waals surface area contributed by atoms with Crippen LogP contribution in [0.15, 0.2) is 35.5 Å². The van der Waals surface area contributed by atoms with Crippen LogP contribution < -0.4 is 0 Å². The zero-order chi connectivity index (χ0) is 20.6. The van der Waals surface area contributed by atoms with Gasteiger partial charge in [-0.1, -0.05) is 37.6 Å². The fraction of sp³-hybridized carbons (Fsp3) is 0.696. The highest BCUT2D eigenvalue weighted by Crippen LogP contribution is 2.43. The van der Waals surface area contributed by atoms with Gasteiger partial charge in [0, 0.05) is 6.92 Å². The van der Waals surface area contributed by atoms with Crippen molar-refractivity contribution in [1.29, 1.82) is 0 Å². The Balaban J connectivity index is 2.31. The molecule has 0 amide bonds. The first kappa shape index (κ1) is 23.6. The number of allylic oxidation sites excluding steroid dienone is 2. The van der Waals surface area contributed by atoms with Crippen LogP contribution in [-0.2, 0) is 14.3 Å². The molecule has 0 unspecified atom stereocenters. The van der Waals surface area contributed by atoms with Crippen molar-refractivity contribution in [3.05, 3.63) is 35.5 Å². The Morgan fingerprint density at radius 1 is 1.30 bits per heavy atom. The molecule has 0 saturated carbocycles. The van der Waals surface area contributed by atoms with Gasteiger partial charge in [0.15, 0.2) is 0 Å². The third-order valence-corrected chi connectivity index (χ3v) is 5.46. The summed E-state index contributed by atoms with van der Waals surface area (Å²) in [4.78, 5) is 10.8. The Morgan fingerprint density at radius 3 is 2.56 bits per heavy atom. The van der Waals surface area contributed by atoms with Gasteiger partial charge in [-0.3, -0.25) is 4.79 Å². The summed E-state index contributed by atoms with van der Waals surface area (Å²) in [6, 6.07) is 0. The van der Waals surface area contributed by atoms with Gasteiger partial charge in [0.05, 0.1) is 17.8 Å². The van der Waals surface area contributed by atoms with E-state index in [1.165, 1.54) is 12.5 Å². The number of carbonyl (C=O) groups excluding carboxylic acids is 1. The number of aliphatic hydroxyl groups is 1. The molecule has 0 aromatic heterocycles. The van der Waals surface area contributed by atoms with Crippen molar-refractivity contribution in [2.24, 2.45) is 5.92 Å². The molecule has 1 aliphatic heterocycles. The zero-order valence-electron chi connectivity index (χ0n) is 18.0. The van der Waals surface area contributed by atoms with Gasteiger partial charge >= 0.3 is 5.97 Å². The standard InChI is InChI=1S/C23H38O4/c1-16(2)19(5)15-21(25)18(4)9-8-13-23(7)22(27-23)11-10-17(3)12-14-26-20(6)24/h9,12,16,21-22,25H,5,8,10-11,13-15H2,1-4,6-7H3/b17-12-,18-9+/t21-,22-,23+/m1/s1. The maximum Gasteiger partial charge on any atom is 0.302 e. The largest absolute Gasteiger partial charge is 0.462 e. The SMILES string of the molecule is C=C(C[C@@H](O)/C(C)=C/CC[C@]1(C)O[C@@H]1CC/C(C)=C\COC(C)=O)C(C)C. The molecule has 3 atom stereocenters. The van der Waals surface area contributed by atoms with E-state index >= 15 is 0 Å². The molecule has 1 aliphatic rings. The van der Waals surface area contributed by atoms with E-state index in [9.17, 15) is 9.90 Å². The number of carbonyl (C=O) groups is 1. The van der Waals surface area contributed by atoms with E-state index in [1.54, 1.807) is 0 Å². The van der Waals surface area contributed by atoms with Gasteiger partial charge in [-0.25, -0.2) is 0 Å². The lowest BCUT2D eigenvalue weighted by Crippen LogP contribution is -2.12. The Hall–Kier alpha value is -1.39. The predicted molar refractivity (Wildman–Crippen MR) is 110 cm³/mol. The van der Waals surface area contributed by atoms with Gasteiger partial charge in [0.2, 0.25) is 0 Å². The van der Waals surface area contributed by atoms with Gasteiger partial charge in [-0.15, -0.1) is 0 Å². The third-order valence-electron chi connectivity index (χ3n) is 5.46. The molecule has 1 heterocycles. The number of aliphatic hydroxyl groups excluding tert-OH is 1. The number of hydrogen-bond acceptors (Lipinski definition) is 4. The Bertz CT molecular complexity index is 573. The van der Waals surface area contributed by atoms with Crippen molar-refractivity contribution >= 4 is 5.97 Å². The summed E-state index contributed by atoms with van der Waals surface area (Å²) in [5.74, 6) is 0.151. The monoisotopic (exact) mass is 378 g/mol. The maximum absolute atomic E-state index is 10.8. The minimum atomic E-state index is -0.436. The number of esters is 1. The lowest BCUT2D eigenvalue weighted by atomic mass is 9.94. The van der Waals surface area contributed by atoms with Crippen LogP contribution in [0.1, 0.15) is 73.6 Å². The van der Waals surface area contributed by atoms with Crippen LogP contribution >= 0.6 is 0 Å². The van der Waals surface area contributed by atoms with Gasteiger partial charge < -0.3 is 14.6 Å². The molecule has 1 N–H and O–H groups in total. The van der Waals surface area contributed by atoms with Gasteiger partial charge in [-0.2, -0.15) is 0 Å². The summed E-state index contributed by atoms with van der Waals surface area (Å²) < 4.78 is 10.8. The average molecular weight is 379 g/mol. The van der Waals surface area contributed by atoms with E-state index in [2.05, 4.69) is 40.3 Å². The van der Waals surface area contributed by atoms with Crippen LogP contribution in [0.2, 0.25) is 0 Å². The summed E-state index contributed by atoms with van der Waals surface area (Å²) in [6.07, 6.45) is 8.38. The highest BCUT2D eigenvalue weighted by molar-refractivity contribution is 5.66. The highest BCUT2D eigenvalue weighted by atomic mass is 16.6. The summed E-state index contributed by atoms with van der Waals surface area (Å²) in [5, 5.41) is 10.3. The molecule has 0 spiro atoms. The minimum absolute atomic E-state index is 0.0561. The molecule has 0 aliphatic carbocycles. The van der Waals surface area contributed by atoms with Crippen molar-refractivity contribution in [1.82, 2.24) is 0 Å². The van der Waals surface area contributed by atoms with Crippen LogP contribution in [-0.4, -0.2) is 35.5 Å². The number of ether oxygens (including phenoxy) is 2. The predicted octanol–water partition coefficient (Wildman–Crippen LogP) is 5.12. The van der Waals surface area contributed by atoms with E-state index < -0.39 is 6.10 Å². The highest BCUT2D eigenvalue weighted by Gasteiger charge is 2.50. The number of rotatable bonds is 12. The quantitative estimate of drug-likeness (QED) is 0.291. The average Bonchev–Trinajstić information content (AvgIpc) is 3.22. The summed E-state index contributed by atoms with van der Waals surface area (Å²) in [7, 11) is 0. The second-order valence-corrected chi connectivity index (χ2v) is 8.33. The van der Waals surface area contributed by atoms with Gasteiger partial charge in [0.25, 0.3) is 0 Å². The van der Waals surface area contributed by atoms with Crippen LogP contribution in [0.4, 0.5) is 0 Å². The third kappa shape index (κ3) is 8.89. The molecule has 0 bridgehead atoms. The molecule has 0 radical (unpaired) electrons. The molecule has 0 aromatic rings. The van der Waals surface area contributed by atoms with E-state index in [1.807, 2.05) is 13.0 Å². The molecular weight excluding hydrogens is 340 g/mol. The Labute approximate surface area is 165 Å². The van der Waals surface area contributed by atoms with Gasteiger partial charge in [-0.05, 0) is 70.4 Å². The second-order valence-electron chi connectivity index (χ2n) is 8.33. The normalized spacial score (nSPS) is 24.1. The first-order valence-electron chi connectivity index (χ1n) is 10.0. The fourth-order valence-electron chi connectivity index (χ4n) is 3.00. The van der Waals surface area contributed by atoms with E-state index in [0.29, 0.717) is 18.9 Å². The lowest BCUT2D eigenvalue weighted by Gasteiger charge is -2.16. The molecular formula is C23H38O4. The van der Waals surface area contributed by atoms with Crippen molar-refractivity contribution in [2.75, 3.05) is 6.61 Å². The van der Waals surface area contributed by atoms with E-state index in [-0.39, 0.29) is 17.7 Å². The number of hydrogen-bond donors (Lipinski definition) is 1. The smallest absolute Gasteiger partial charge is 0.302 e. The Kier molecular flexibility index (Phi) is 9.48. The maximum atomic E-state index is 10.8. The molecule has 1 fully saturated rings. The fourth-order valence-corrected chi connectivity index (χ4v) is 3.00. The second kappa shape index (κ2) is 10.8. The Morgan fingerprint density at radius 2 is 1.96 bits per heavy atom. The van der Waals surface area contributed by atoms with E-state index in [4.69, 9.17) is 9.47 Å². The van der Waals surface area contributed by atoms with Crippen LogP contribution in [0.5, 0.6) is 0 Å². The molecule has 4 heteroatoms. The zero-order valence-corrected chi connectivity index (χ0v) is 18.0. The van der Waals surface area contributed by atoms with Gasteiger partial charge in [0.1, 0.15) is 6.61 Å². The minimum Gasteiger partial charge on any atom is -0.462 e. The van der Waals surface area contributed by atoms with Crippen molar-refractivity contribution in [3.8, 4) is 0 Å². The summed E-state index contributed by atoms with van der Waals surface area (Å²) in [5.41, 5.74) is 3.27. The van der Waals surface area contributed by atoms with E-state index in [0.717, 1.165) is 36.8 Å². The molecule has 1 saturated heterocycles. The van der Waals surface area contributed by atoms with Crippen LogP contribution in [0.3, 0.4) is 0 Å². The first-order valence-corrected chi connectivity index (χ1v) is 10.0. The lowest BCUT2D eigenvalue weighted by molar-refractivity contribution is -0.139. The van der Waals surface area contributed by atoms with Crippen LogP contribution in [0.25, 0.3) is 0 Å². The number of epoxide rings is 1. The molecule has 4 nitrogen and oxygen atoms in total. The molecule has 27 heavy (non-hydrogen) atoms.